The summed E-state index contributed by atoms with van der Waals surface area (Å²) in [4.78, 5) is 25.0. The minimum Gasteiger partial charge on any atom is -0.462 e. The van der Waals surface area contributed by atoms with Crippen LogP contribution < -0.4 is 5.32 Å². The Kier molecular flexibility index (Phi) is 8.34. The smallest absolute Gasteiger partial charge is 0.338 e. The zero-order valence-electron chi connectivity index (χ0n) is 18.2. The van der Waals surface area contributed by atoms with Gasteiger partial charge in [0.2, 0.25) is 0 Å². The Morgan fingerprint density at radius 3 is 2.94 bits per heavy atom. The first-order valence-corrected chi connectivity index (χ1v) is 10.9. The number of nitrogens with one attached hydrogen (secondary N) is 1. The van der Waals surface area contributed by atoms with E-state index < -0.39 is 11.8 Å². The van der Waals surface area contributed by atoms with Gasteiger partial charge in [-0.15, -0.1) is 0 Å². The van der Waals surface area contributed by atoms with Crippen LogP contribution in [0.1, 0.15) is 63.9 Å². The third-order valence-electron chi connectivity index (χ3n) is 5.16. The maximum Gasteiger partial charge on any atom is 0.338 e. The number of hydrogen-bond acceptors (Lipinski definition) is 6. The SMILES string of the molecule is CCc1nn(CCCOC(=O)c2cc(F)cc(C#N)c2)c2c1C(=O)NCCCOCCC2. The number of rotatable bonds is 6. The fraction of sp³-hybridized carbons (Fsp3) is 0.478. The van der Waals surface area contributed by atoms with E-state index in [4.69, 9.17) is 14.7 Å². The first kappa shape index (κ1) is 23.4. The van der Waals surface area contributed by atoms with E-state index in [-0.39, 0.29) is 23.6 Å². The predicted octanol–water partition coefficient (Wildman–Crippen LogP) is 2.79. The third kappa shape index (κ3) is 5.92. The molecule has 0 fully saturated rings. The van der Waals surface area contributed by atoms with Crippen LogP contribution in [0.3, 0.4) is 0 Å². The second-order valence-corrected chi connectivity index (χ2v) is 7.50. The number of aromatic nitrogens is 2. The van der Waals surface area contributed by atoms with Crippen molar-refractivity contribution in [2.45, 2.75) is 45.6 Å². The topological polar surface area (TPSA) is 106 Å². The standard InChI is InChI=1S/C23H27FN4O4/c1-2-19-21-20(6-3-9-31-10-4-7-26-22(21)29)28(27-19)8-5-11-32-23(30)17-12-16(15-25)13-18(24)14-17/h12-14H,2-11H2,1H3,(H,26,29). The van der Waals surface area contributed by atoms with Crippen LogP contribution in [0.15, 0.2) is 18.2 Å². The van der Waals surface area contributed by atoms with Gasteiger partial charge >= 0.3 is 5.97 Å². The van der Waals surface area contributed by atoms with E-state index in [1.54, 1.807) is 0 Å². The highest BCUT2D eigenvalue weighted by Crippen LogP contribution is 2.19. The minimum atomic E-state index is -0.688. The van der Waals surface area contributed by atoms with Gasteiger partial charge in [-0.05, 0) is 43.9 Å². The average Bonchev–Trinajstić information content (AvgIpc) is 3.13. The summed E-state index contributed by atoms with van der Waals surface area (Å²) in [5, 5.41) is 16.5. The molecule has 1 aromatic heterocycles. The summed E-state index contributed by atoms with van der Waals surface area (Å²) in [6.07, 6.45) is 3.32. The lowest BCUT2D eigenvalue weighted by atomic mass is 10.1. The van der Waals surface area contributed by atoms with Gasteiger partial charge < -0.3 is 14.8 Å². The van der Waals surface area contributed by atoms with Crippen molar-refractivity contribution in [3.8, 4) is 6.07 Å². The number of esters is 1. The molecular formula is C23H27FN4O4. The van der Waals surface area contributed by atoms with Crippen LogP contribution in [0.25, 0.3) is 0 Å². The molecular weight excluding hydrogens is 415 g/mol. The third-order valence-corrected chi connectivity index (χ3v) is 5.16. The van der Waals surface area contributed by atoms with Gasteiger partial charge in [0.15, 0.2) is 0 Å². The molecule has 8 nitrogen and oxygen atoms in total. The lowest BCUT2D eigenvalue weighted by molar-refractivity contribution is 0.0494. The number of aryl methyl sites for hydroxylation is 2. The van der Waals surface area contributed by atoms with Gasteiger partial charge in [0.05, 0.1) is 40.8 Å². The molecule has 2 heterocycles. The van der Waals surface area contributed by atoms with E-state index in [1.165, 1.54) is 6.07 Å². The number of hydrogen-bond donors (Lipinski definition) is 1. The molecule has 0 saturated carbocycles. The minimum absolute atomic E-state index is 0.000855. The summed E-state index contributed by atoms with van der Waals surface area (Å²) >= 11 is 0. The van der Waals surface area contributed by atoms with Gasteiger partial charge in [-0.1, -0.05) is 6.92 Å². The number of benzene rings is 1. The Morgan fingerprint density at radius 2 is 2.16 bits per heavy atom. The van der Waals surface area contributed by atoms with Crippen molar-refractivity contribution in [2.75, 3.05) is 26.4 Å². The molecule has 0 aliphatic carbocycles. The summed E-state index contributed by atoms with van der Waals surface area (Å²) in [6.45, 7) is 4.33. The van der Waals surface area contributed by atoms with Crippen molar-refractivity contribution in [1.82, 2.24) is 15.1 Å². The lowest BCUT2D eigenvalue weighted by Gasteiger charge is -2.10. The van der Waals surface area contributed by atoms with E-state index in [0.717, 1.165) is 36.4 Å². The number of carbonyl (C=O) groups is 2. The number of amides is 1. The number of carbonyl (C=O) groups excluding carboxylic acids is 2. The van der Waals surface area contributed by atoms with E-state index >= 15 is 0 Å². The molecule has 9 heteroatoms. The van der Waals surface area contributed by atoms with Crippen molar-refractivity contribution in [2.24, 2.45) is 0 Å². The second-order valence-electron chi connectivity index (χ2n) is 7.50. The summed E-state index contributed by atoms with van der Waals surface area (Å²) in [5.41, 5.74) is 2.30. The van der Waals surface area contributed by atoms with Crippen molar-refractivity contribution in [3.05, 3.63) is 52.1 Å². The Hall–Kier alpha value is -3.25. The number of ether oxygens (including phenoxy) is 2. The Balaban J connectivity index is 1.66. The predicted molar refractivity (Wildman–Crippen MR) is 114 cm³/mol. The fourth-order valence-corrected chi connectivity index (χ4v) is 3.64. The van der Waals surface area contributed by atoms with Gasteiger partial charge in [-0.25, -0.2) is 9.18 Å². The average molecular weight is 442 g/mol. The van der Waals surface area contributed by atoms with Crippen LogP contribution >= 0.6 is 0 Å². The van der Waals surface area contributed by atoms with Gasteiger partial charge in [-0.3, -0.25) is 9.48 Å². The molecule has 3 rings (SSSR count). The first-order chi connectivity index (χ1) is 15.5. The van der Waals surface area contributed by atoms with Gasteiger partial charge in [0.1, 0.15) is 5.82 Å². The largest absolute Gasteiger partial charge is 0.462 e. The van der Waals surface area contributed by atoms with Crippen LogP contribution in [0.4, 0.5) is 4.39 Å². The molecule has 1 aliphatic rings. The van der Waals surface area contributed by atoms with E-state index in [1.807, 2.05) is 17.7 Å². The molecule has 1 amide bonds. The van der Waals surface area contributed by atoms with Crippen molar-refractivity contribution in [3.63, 3.8) is 0 Å². The molecule has 0 atom stereocenters. The second kappa shape index (κ2) is 11.4. The number of nitriles is 1. The van der Waals surface area contributed by atoms with Gasteiger partial charge in [-0.2, -0.15) is 10.4 Å². The maximum atomic E-state index is 13.5. The molecule has 2 aromatic rings. The summed E-state index contributed by atoms with van der Waals surface area (Å²) < 4.78 is 26.2. The first-order valence-electron chi connectivity index (χ1n) is 10.9. The van der Waals surface area contributed by atoms with Crippen molar-refractivity contribution >= 4 is 11.9 Å². The van der Waals surface area contributed by atoms with Crippen molar-refractivity contribution < 1.29 is 23.5 Å². The van der Waals surface area contributed by atoms with Gasteiger partial charge in [0.25, 0.3) is 5.91 Å². The number of fused-ring (bicyclic) bond motifs is 1. The molecule has 0 radical (unpaired) electrons. The lowest BCUT2D eigenvalue weighted by Crippen LogP contribution is -2.26. The van der Waals surface area contributed by atoms with Crippen LogP contribution in [-0.2, 0) is 28.9 Å². The highest BCUT2D eigenvalue weighted by Gasteiger charge is 2.23. The molecule has 0 spiro atoms. The molecule has 32 heavy (non-hydrogen) atoms. The fourth-order valence-electron chi connectivity index (χ4n) is 3.64. The zero-order chi connectivity index (χ0) is 22.9. The Labute approximate surface area is 186 Å². The highest BCUT2D eigenvalue weighted by molar-refractivity contribution is 5.96. The normalized spacial score (nSPS) is 14.6. The van der Waals surface area contributed by atoms with E-state index in [9.17, 15) is 14.0 Å². The number of halogens is 1. The van der Waals surface area contributed by atoms with E-state index in [0.29, 0.717) is 51.1 Å². The molecule has 1 aromatic carbocycles. The van der Waals surface area contributed by atoms with Crippen molar-refractivity contribution in [1.29, 1.82) is 5.26 Å². The molecule has 170 valence electrons. The summed E-state index contributed by atoms with van der Waals surface area (Å²) in [7, 11) is 0. The number of nitrogens with zero attached hydrogens (tertiary/aromatic N) is 3. The molecule has 1 N–H and O–H groups in total. The van der Waals surface area contributed by atoms with Gasteiger partial charge in [0, 0.05) is 32.7 Å². The molecule has 1 aliphatic heterocycles. The van der Waals surface area contributed by atoms with E-state index in [2.05, 4.69) is 10.4 Å². The van der Waals surface area contributed by atoms with Crippen LogP contribution in [0.5, 0.6) is 0 Å². The van der Waals surface area contributed by atoms with Crippen LogP contribution in [-0.4, -0.2) is 48.0 Å². The summed E-state index contributed by atoms with van der Waals surface area (Å²) in [6, 6.07) is 5.21. The highest BCUT2D eigenvalue weighted by atomic mass is 19.1. The Morgan fingerprint density at radius 1 is 1.34 bits per heavy atom. The monoisotopic (exact) mass is 442 g/mol. The maximum absolute atomic E-state index is 13.5. The zero-order valence-corrected chi connectivity index (χ0v) is 18.2. The summed E-state index contributed by atoms with van der Waals surface area (Å²) in [5.74, 6) is -1.47. The quantitative estimate of drug-likeness (QED) is 0.545. The van der Waals surface area contributed by atoms with Crippen LogP contribution in [0, 0.1) is 17.1 Å². The molecule has 0 bridgehead atoms. The Bertz CT molecular complexity index is 1010. The molecule has 0 saturated heterocycles. The van der Waals surface area contributed by atoms with Crippen LogP contribution in [0.2, 0.25) is 0 Å². The molecule has 0 unspecified atom stereocenters.